The summed E-state index contributed by atoms with van der Waals surface area (Å²) in [7, 11) is 1.66. The molecule has 3 heterocycles. The Morgan fingerprint density at radius 2 is 1.65 bits per heavy atom. The van der Waals surface area contributed by atoms with Crippen LogP contribution >= 0.6 is 0 Å². The van der Waals surface area contributed by atoms with Crippen molar-refractivity contribution in [2.45, 2.75) is 19.3 Å². The standard InChI is InChI=1S/C25H25N5O/c1-31-21-11-5-18(6-12-21)23-17-27-24-22(29-23)13-14-26-25(24)28-19-7-9-20(10-8-19)30-15-3-2-4-16-30/h5-14,17H,2-4,15-16H2,1H3,(H,26,28). The molecule has 0 radical (unpaired) electrons. The van der Waals surface area contributed by atoms with Crippen molar-refractivity contribution in [3.63, 3.8) is 0 Å². The third-order valence-corrected chi connectivity index (χ3v) is 5.70. The minimum absolute atomic E-state index is 0.706. The number of piperidine rings is 1. The Hall–Kier alpha value is -3.67. The quantitative estimate of drug-likeness (QED) is 0.472. The highest BCUT2D eigenvalue weighted by Gasteiger charge is 2.12. The molecule has 1 aliphatic heterocycles. The van der Waals surface area contributed by atoms with E-state index in [0.717, 1.165) is 46.8 Å². The second kappa shape index (κ2) is 8.60. The highest BCUT2D eigenvalue weighted by molar-refractivity contribution is 5.88. The van der Waals surface area contributed by atoms with E-state index in [0.29, 0.717) is 5.82 Å². The molecule has 2 aromatic carbocycles. The Labute approximate surface area is 181 Å². The number of hydrogen-bond donors (Lipinski definition) is 1. The number of nitrogens with one attached hydrogen (secondary N) is 1. The van der Waals surface area contributed by atoms with Crippen molar-refractivity contribution in [3.05, 3.63) is 67.0 Å². The van der Waals surface area contributed by atoms with E-state index in [4.69, 9.17) is 9.72 Å². The SMILES string of the molecule is COc1ccc(-c2cnc3c(Nc4ccc(N5CCCCC5)cc4)nccc3n2)cc1. The Bertz CT molecular complexity index is 1170. The highest BCUT2D eigenvalue weighted by atomic mass is 16.5. The number of benzene rings is 2. The van der Waals surface area contributed by atoms with Gasteiger partial charge in [-0.2, -0.15) is 0 Å². The van der Waals surface area contributed by atoms with Gasteiger partial charge in [-0.1, -0.05) is 0 Å². The molecule has 5 rings (SSSR count). The van der Waals surface area contributed by atoms with Crippen molar-refractivity contribution in [1.29, 1.82) is 0 Å². The van der Waals surface area contributed by atoms with Crippen molar-refractivity contribution in [1.82, 2.24) is 15.0 Å². The number of nitrogens with zero attached hydrogens (tertiary/aromatic N) is 4. The van der Waals surface area contributed by atoms with Crippen LogP contribution in [0.15, 0.2) is 67.0 Å². The summed E-state index contributed by atoms with van der Waals surface area (Å²) in [4.78, 5) is 16.4. The van der Waals surface area contributed by atoms with E-state index in [9.17, 15) is 0 Å². The van der Waals surface area contributed by atoms with Crippen molar-refractivity contribution < 1.29 is 4.74 Å². The highest BCUT2D eigenvalue weighted by Crippen LogP contribution is 2.27. The van der Waals surface area contributed by atoms with Gasteiger partial charge in [0.15, 0.2) is 5.82 Å². The molecule has 1 aliphatic rings. The summed E-state index contributed by atoms with van der Waals surface area (Å²) in [6.45, 7) is 2.29. The molecule has 1 N–H and O–H groups in total. The third-order valence-electron chi connectivity index (χ3n) is 5.70. The number of fused-ring (bicyclic) bond motifs is 1. The summed E-state index contributed by atoms with van der Waals surface area (Å²) >= 11 is 0. The van der Waals surface area contributed by atoms with Gasteiger partial charge in [0.05, 0.1) is 24.5 Å². The van der Waals surface area contributed by atoms with E-state index in [1.807, 2.05) is 30.3 Å². The molecule has 0 amide bonds. The first-order chi connectivity index (χ1) is 15.3. The molecule has 4 aromatic rings. The molecule has 6 heteroatoms. The predicted octanol–water partition coefficient (Wildman–Crippen LogP) is 5.43. The fraction of sp³-hybridized carbons (Fsp3) is 0.240. The van der Waals surface area contributed by atoms with Gasteiger partial charge in [-0.15, -0.1) is 0 Å². The minimum atomic E-state index is 0.706. The lowest BCUT2D eigenvalue weighted by atomic mass is 10.1. The second-order valence-corrected chi connectivity index (χ2v) is 7.73. The molecule has 0 spiro atoms. The van der Waals surface area contributed by atoms with Crippen molar-refractivity contribution >= 4 is 28.2 Å². The first kappa shape index (κ1) is 19.3. The molecule has 6 nitrogen and oxygen atoms in total. The Kier molecular flexibility index (Phi) is 5.35. The Balaban J connectivity index is 1.38. The number of hydrogen-bond acceptors (Lipinski definition) is 6. The number of methoxy groups -OCH3 is 1. The van der Waals surface area contributed by atoms with Crippen molar-refractivity contribution in [2.24, 2.45) is 0 Å². The van der Waals surface area contributed by atoms with Gasteiger partial charge in [0.25, 0.3) is 0 Å². The Morgan fingerprint density at radius 3 is 2.39 bits per heavy atom. The minimum Gasteiger partial charge on any atom is -0.497 e. The van der Waals surface area contributed by atoms with Gasteiger partial charge in [0, 0.05) is 36.2 Å². The van der Waals surface area contributed by atoms with E-state index in [1.54, 1.807) is 19.5 Å². The first-order valence-corrected chi connectivity index (χ1v) is 10.7. The van der Waals surface area contributed by atoms with Gasteiger partial charge in [-0.05, 0) is 73.9 Å². The van der Waals surface area contributed by atoms with Crippen LogP contribution in [0.2, 0.25) is 0 Å². The average Bonchev–Trinajstić information content (AvgIpc) is 2.85. The molecule has 0 saturated carbocycles. The maximum absolute atomic E-state index is 5.23. The number of rotatable bonds is 5. The van der Waals surface area contributed by atoms with E-state index in [2.05, 4.69) is 44.5 Å². The largest absolute Gasteiger partial charge is 0.497 e. The number of pyridine rings is 1. The van der Waals surface area contributed by atoms with Gasteiger partial charge >= 0.3 is 0 Å². The summed E-state index contributed by atoms with van der Waals surface area (Å²) < 4.78 is 5.23. The average molecular weight is 412 g/mol. The van der Waals surface area contributed by atoms with Crippen LogP contribution in [-0.2, 0) is 0 Å². The summed E-state index contributed by atoms with van der Waals surface area (Å²) in [5, 5.41) is 3.40. The first-order valence-electron chi connectivity index (χ1n) is 10.7. The number of ether oxygens (including phenoxy) is 1. The molecule has 0 atom stereocenters. The lowest BCUT2D eigenvalue weighted by molar-refractivity contribution is 0.415. The molecule has 1 saturated heterocycles. The van der Waals surface area contributed by atoms with Crippen LogP contribution in [0.5, 0.6) is 5.75 Å². The summed E-state index contributed by atoms with van der Waals surface area (Å²) in [5.74, 6) is 1.52. The van der Waals surface area contributed by atoms with Crippen LogP contribution in [0.4, 0.5) is 17.2 Å². The maximum Gasteiger partial charge on any atom is 0.158 e. The second-order valence-electron chi connectivity index (χ2n) is 7.73. The van der Waals surface area contributed by atoms with Crippen LogP contribution in [0, 0.1) is 0 Å². The van der Waals surface area contributed by atoms with Crippen molar-refractivity contribution in [2.75, 3.05) is 30.4 Å². The van der Waals surface area contributed by atoms with Gasteiger partial charge < -0.3 is 15.0 Å². The monoisotopic (exact) mass is 411 g/mol. The molecule has 0 aliphatic carbocycles. The van der Waals surface area contributed by atoms with E-state index < -0.39 is 0 Å². The summed E-state index contributed by atoms with van der Waals surface area (Å²) in [5.41, 5.74) is 5.63. The predicted molar refractivity (Wildman–Crippen MR) is 125 cm³/mol. The van der Waals surface area contributed by atoms with Crippen molar-refractivity contribution in [3.8, 4) is 17.0 Å². The molecule has 0 bridgehead atoms. The van der Waals surface area contributed by atoms with Gasteiger partial charge in [-0.3, -0.25) is 0 Å². The summed E-state index contributed by atoms with van der Waals surface area (Å²) in [6.07, 6.45) is 7.44. The van der Waals surface area contributed by atoms with Crippen LogP contribution in [0.3, 0.4) is 0 Å². The molecule has 156 valence electrons. The fourth-order valence-corrected chi connectivity index (χ4v) is 3.98. The smallest absolute Gasteiger partial charge is 0.158 e. The molecular formula is C25H25N5O. The molecule has 0 unspecified atom stereocenters. The van der Waals surface area contributed by atoms with Crippen LogP contribution in [-0.4, -0.2) is 35.2 Å². The summed E-state index contributed by atoms with van der Waals surface area (Å²) in [6, 6.07) is 18.3. The Morgan fingerprint density at radius 1 is 0.871 bits per heavy atom. The topological polar surface area (TPSA) is 63.2 Å². The zero-order chi connectivity index (χ0) is 21.0. The third kappa shape index (κ3) is 4.14. The lowest BCUT2D eigenvalue weighted by Gasteiger charge is -2.28. The molecular weight excluding hydrogens is 386 g/mol. The van der Waals surface area contributed by atoms with Gasteiger partial charge in [-0.25, -0.2) is 15.0 Å². The zero-order valence-electron chi connectivity index (χ0n) is 17.6. The fourth-order valence-electron chi connectivity index (χ4n) is 3.98. The zero-order valence-corrected chi connectivity index (χ0v) is 17.6. The maximum atomic E-state index is 5.23. The van der Waals surface area contributed by atoms with E-state index in [-0.39, 0.29) is 0 Å². The van der Waals surface area contributed by atoms with Gasteiger partial charge in [0.2, 0.25) is 0 Å². The number of aromatic nitrogens is 3. The van der Waals surface area contributed by atoms with E-state index >= 15 is 0 Å². The molecule has 2 aromatic heterocycles. The normalized spacial score (nSPS) is 13.9. The van der Waals surface area contributed by atoms with Crippen LogP contribution in [0.25, 0.3) is 22.3 Å². The molecule has 31 heavy (non-hydrogen) atoms. The van der Waals surface area contributed by atoms with E-state index in [1.165, 1.54) is 24.9 Å². The van der Waals surface area contributed by atoms with Gasteiger partial charge in [0.1, 0.15) is 11.3 Å². The van der Waals surface area contributed by atoms with Crippen LogP contribution in [0.1, 0.15) is 19.3 Å². The van der Waals surface area contributed by atoms with Crippen LogP contribution < -0.4 is 15.0 Å². The lowest BCUT2D eigenvalue weighted by Crippen LogP contribution is -2.29. The number of anilines is 3. The molecule has 1 fully saturated rings.